The lowest BCUT2D eigenvalue weighted by Crippen LogP contribution is -2.52. The lowest BCUT2D eigenvalue weighted by molar-refractivity contribution is -0.162. The summed E-state index contributed by atoms with van der Waals surface area (Å²) in [5.74, 6) is -0.661. The number of rotatable bonds is 9. The number of halogens is 3. The summed E-state index contributed by atoms with van der Waals surface area (Å²) in [6.45, 7) is 5.28. The van der Waals surface area contributed by atoms with Crippen LogP contribution >= 0.6 is 0 Å². The van der Waals surface area contributed by atoms with Gasteiger partial charge in [-0.25, -0.2) is 0 Å². The van der Waals surface area contributed by atoms with Gasteiger partial charge in [-0.15, -0.1) is 0 Å². The molecule has 0 bridgehead atoms. The topological polar surface area (TPSA) is 98.0 Å². The highest BCUT2D eigenvalue weighted by Crippen LogP contribution is 2.36. The van der Waals surface area contributed by atoms with Crippen LogP contribution in [0.2, 0.25) is 0 Å². The average Bonchev–Trinajstić information content (AvgIpc) is 3.55. The number of aromatic nitrogens is 1. The van der Waals surface area contributed by atoms with E-state index in [0.29, 0.717) is 18.4 Å². The Bertz CT molecular complexity index is 1020. The van der Waals surface area contributed by atoms with E-state index in [9.17, 15) is 28.3 Å². The molecule has 3 N–H and O–H groups in total. The molecule has 0 aliphatic heterocycles. The van der Waals surface area contributed by atoms with Crippen LogP contribution in [0, 0.1) is 17.2 Å². The van der Waals surface area contributed by atoms with E-state index in [1.807, 2.05) is 19.9 Å². The van der Waals surface area contributed by atoms with E-state index in [4.69, 9.17) is 0 Å². The zero-order valence-corrected chi connectivity index (χ0v) is 19.4. The smallest absolute Gasteiger partial charge is 0.389 e. The largest absolute Gasteiger partial charge is 0.409 e. The zero-order valence-electron chi connectivity index (χ0n) is 19.4. The number of nitrogens with zero attached hydrogens (tertiary/aromatic N) is 2. The monoisotopic (exact) mass is 474 g/mol. The molecule has 0 saturated heterocycles. The summed E-state index contributed by atoms with van der Waals surface area (Å²) in [4.78, 5) is 16.8. The van der Waals surface area contributed by atoms with Crippen molar-refractivity contribution in [3.63, 3.8) is 0 Å². The number of carbonyl (C=O) groups is 1. The van der Waals surface area contributed by atoms with Crippen LogP contribution in [0.25, 0.3) is 11.1 Å². The highest BCUT2D eigenvalue weighted by atomic mass is 19.4. The molecule has 6 nitrogen and oxygen atoms in total. The Balaban J connectivity index is 1.82. The van der Waals surface area contributed by atoms with Gasteiger partial charge in [0.15, 0.2) is 0 Å². The minimum Gasteiger partial charge on any atom is -0.389 e. The number of carbonyl (C=O) groups excluding carboxylic acids is 1. The molecular formula is C25H29F3N4O2. The molecular weight excluding hydrogens is 445 g/mol. The van der Waals surface area contributed by atoms with Crippen LogP contribution in [0.5, 0.6) is 0 Å². The molecule has 1 aromatic heterocycles. The van der Waals surface area contributed by atoms with Crippen molar-refractivity contribution in [3.05, 3.63) is 53.9 Å². The predicted molar refractivity (Wildman–Crippen MR) is 121 cm³/mol. The first-order valence-electron chi connectivity index (χ1n) is 11.2. The van der Waals surface area contributed by atoms with E-state index in [-0.39, 0.29) is 18.0 Å². The molecule has 1 fully saturated rings. The standard InChI is InChI=1S/C25H29F3N4O2/c1-15(2)12-21(23(34)32-24(14-29)10-11-24)31-22(25(26,27)28)20-9-8-19(13-30-20)18-6-4-17(5-7-18)16(3)33/h4-9,13,15-16,21-22,31,33H,10-12H2,1-3H3,(H,32,34)/t16?,21-,22-/m0/s1. The summed E-state index contributed by atoms with van der Waals surface area (Å²) < 4.78 is 42.1. The Morgan fingerprint density at radius 2 is 1.76 bits per heavy atom. The number of nitriles is 1. The van der Waals surface area contributed by atoms with Crippen molar-refractivity contribution in [1.29, 1.82) is 5.26 Å². The Labute approximate surface area is 197 Å². The van der Waals surface area contributed by atoms with Crippen LogP contribution in [-0.2, 0) is 4.79 Å². The van der Waals surface area contributed by atoms with Crippen LogP contribution < -0.4 is 10.6 Å². The van der Waals surface area contributed by atoms with Crippen molar-refractivity contribution in [3.8, 4) is 17.2 Å². The molecule has 182 valence electrons. The fourth-order valence-corrected chi connectivity index (χ4v) is 3.68. The third-order valence-electron chi connectivity index (χ3n) is 5.85. The van der Waals surface area contributed by atoms with Gasteiger partial charge in [0.2, 0.25) is 5.91 Å². The lowest BCUT2D eigenvalue weighted by Gasteiger charge is -2.28. The van der Waals surface area contributed by atoms with Crippen LogP contribution in [-0.4, -0.2) is 33.8 Å². The number of nitrogens with one attached hydrogen (secondary N) is 2. The second kappa shape index (κ2) is 10.1. The van der Waals surface area contributed by atoms with Crippen molar-refractivity contribution >= 4 is 5.91 Å². The van der Waals surface area contributed by atoms with E-state index in [1.165, 1.54) is 12.3 Å². The molecule has 1 aromatic carbocycles. The molecule has 34 heavy (non-hydrogen) atoms. The highest BCUT2D eigenvalue weighted by molar-refractivity contribution is 5.83. The maximum Gasteiger partial charge on any atom is 0.409 e. The Morgan fingerprint density at radius 1 is 1.15 bits per heavy atom. The van der Waals surface area contributed by atoms with Gasteiger partial charge in [-0.2, -0.15) is 18.4 Å². The van der Waals surface area contributed by atoms with Crippen LogP contribution in [0.15, 0.2) is 42.6 Å². The van der Waals surface area contributed by atoms with Gasteiger partial charge in [-0.05, 0) is 49.3 Å². The second-order valence-corrected chi connectivity index (χ2v) is 9.28. The van der Waals surface area contributed by atoms with Gasteiger partial charge in [-0.1, -0.05) is 44.2 Å². The molecule has 3 atom stereocenters. The third kappa shape index (κ3) is 6.33. The molecule has 0 radical (unpaired) electrons. The summed E-state index contributed by atoms with van der Waals surface area (Å²) >= 11 is 0. The van der Waals surface area contributed by atoms with Gasteiger partial charge in [0.25, 0.3) is 0 Å². The first-order valence-corrected chi connectivity index (χ1v) is 11.2. The van der Waals surface area contributed by atoms with Crippen LogP contribution in [0.1, 0.15) is 63.4 Å². The van der Waals surface area contributed by atoms with Crippen molar-refractivity contribution in [1.82, 2.24) is 15.6 Å². The molecule has 1 heterocycles. The summed E-state index contributed by atoms with van der Waals surface area (Å²) in [5.41, 5.74) is 0.893. The SMILES string of the molecule is CC(C)C[C@H](N[C@@H](c1ccc(-c2ccc(C(C)O)cc2)cn1)C(F)(F)F)C(=O)NC1(C#N)CC1. The van der Waals surface area contributed by atoms with Gasteiger partial charge in [0, 0.05) is 11.8 Å². The van der Waals surface area contributed by atoms with Gasteiger partial charge in [0.05, 0.1) is 23.9 Å². The van der Waals surface area contributed by atoms with Crippen molar-refractivity contribution in [2.24, 2.45) is 5.92 Å². The van der Waals surface area contributed by atoms with E-state index in [0.717, 1.165) is 11.1 Å². The zero-order chi connectivity index (χ0) is 25.1. The molecule has 9 heteroatoms. The number of hydrogen-bond donors (Lipinski definition) is 3. The van der Waals surface area contributed by atoms with Crippen molar-refractivity contribution in [2.75, 3.05) is 0 Å². The minimum atomic E-state index is -4.69. The van der Waals surface area contributed by atoms with Gasteiger partial charge in [-0.3, -0.25) is 15.1 Å². The molecule has 2 aromatic rings. The van der Waals surface area contributed by atoms with Crippen molar-refractivity contribution < 1.29 is 23.1 Å². The maximum absolute atomic E-state index is 14.0. The number of benzene rings is 1. The van der Waals surface area contributed by atoms with Gasteiger partial charge >= 0.3 is 6.18 Å². The number of alkyl halides is 3. The number of pyridine rings is 1. The van der Waals surface area contributed by atoms with E-state index in [2.05, 4.69) is 15.6 Å². The Morgan fingerprint density at radius 3 is 2.21 bits per heavy atom. The predicted octanol–water partition coefficient (Wildman–Crippen LogP) is 4.58. The fourth-order valence-electron chi connectivity index (χ4n) is 3.68. The van der Waals surface area contributed by atoms with E-state index >= 15 is 0 Å². The summed E-state index contributed by atoms with van der Waals surface area (Å²) in [6, 6.07) is 8.62. The Hall–Kier alpha value is -2.96. The highest BCUT2D eigenvalue weighted by Gasteiger charge is 2.47. The molecule has 3 rings (SSSR count). The fraction of sp³-hybridized carbons (Fsp3) is 0.480. The molecule has 1 unspecified atom stereocenters. The van der Waals surface area contributed by atoms with Gasteiger partial charge in [0.1, 0.15) is 11.6 Å². The number of aliphatic hydroxyl groups excluding tert-OH is 1. The van der Waals surface area contributed by atoms with E-state index < -0.39 is 35.8 Å². The first-order chi connectivity index (χ1) is 15.9. The quantitative estimate of drug-likeness (QED) is 0.494. The minimum absolute atomic E-state index is 0.0469. The first kappa shape index (κ1) is 25.7. The van der Waals surface area contributed by atoms with Crippen LogP contribution in [0.4, 0.5) is 13.2 Å². The molecule has 1 aliphatic rings. The third-order valence-corrected chi connectivity index (χ3v) is 5.85. The van der Waals surface area contributed by atoms with Crippen LogP contribution in [0.3, 0.4) is 0 Å². The summed E-state index contributed by atoms with van der Waals surface area (Å²) in [7, 11) is 0. The molecule has 1 saturated carbocycles. The molecule has 1 aliphatic carbocycles. The summed E-state index contributed by atoms with van der Waals surface area (Å²) in [6.07, 6.45) is -2.78. The Kier molecular flexibility index (Phi) is 7.64. The van der Waals surface area contributed by atoms with E-state index in [1.54, 1.807) is 37.3 Å². The lowest BCUT2D eigenvalue weighted by atomic mass is 10.00. The van der Waals surface area contributed by atoms with Crippen molar-refractivity contribution in [2.45, 2.75) is 69.9 Å². The summed E-state index contributed by atoms with van der Waals surface area (Å²) in [5, 5.41) is 23.9. The van der Waals surface area contributed by atoms with Gasteiger partial charge < -0.3 is 10.4 Å². The number of amides is 1. The average molecular weight is 475 g/mol. The molecule has 0 spiro atoms. The molecule has 1 amide bonds. The maximum atomic E-state index is 14.0. The normalized spacial score (nSPS) is 17.5. The number of hydrogen-bond acceptors (Lipinski definition) is 5. The second-order valence-electron chi connectivity index (χ2n) is 9.28. The number of aliphatic hydroxyl groups is 1.